The summed E-state index contributed by atoms with van der Waals surface area (Å²) in [5.74, 6) is -1.51. The van der Waals surface area contributed by atoms with E-state index < -0.39 is 17.9 Å². The third-order valence-corrected chi connectivity index (χ3v) is 4.02. The van der Waals surface area contributed by atoms with Crippen LogP contribution in [0.2, 0.25) is 0 Å². The first-order valence-corrected chi connectivity index (χ1v) is 8.27. The van der Waals surface area contributed by atoms with Gasteiger partial charge in [-0.3, -0.25) is 9.59 Å². The highest BCUT2D eigenvalue weighted by molar-refractivity contribution is 5.94. The van der Waals surface area contributed by atoms with Crippen molar-refractivity contribution < 1.29 is 23.5 Å². The number of ether oxygens (including phenoxy) is 1. The monoisotopic (exact) mass is 336 g/mol. The Hall–Kier alpha value is -2.31. The molecule has 1 aliphatic carbocycles. The summed E-state index contributed by atoms with van der Waals surface area (Å²) in [4.78, 5) is 36.0. The minimum Gasteiger partial charge on any atom is -0.459 e. The van der Waals surface area contributed by atoms with Crippen molar-refractivity contribution in [2.24, 2.45) is 5.92 Å². The van der Waals surface area contributed by atoms with E-state index >= 15 is 0 Å². The van der Waals surface area contributed by atoms with E-state index in [2.05, 4.69) is 10.6 Å². The predicted molar refractivity (Wildman–Crippen MR) is 86.2 cm³/mol. The lowest BCUT2D eigenvalue weighted by Crippen LogP contribution is -2.46. The maximum Gasteiger partial charge on any atom is 0.329 e. The zero-order valence-corrected chi connectivity index (χ0v) is 14.0. The van der Waals surface area contributed by atoms with Crippen LogP contribution in [0.4, 0.5) is 0 Å². The molecule has 1 fully saturated rings. The largest absolute Gasteiger partial charge is 0.459 e. The number of carbonyl (C=O) groups excluding carboxylic acids is 3. The highest BCUT2D eigenvalue weighted by Gasteiger charge is 2.28. The van der Waals surface area contributed by atoms with Crippen LogP contribution in [0.1, 0.15) is 50.1 Å². The van der Waals surface area contributed by atoms with Gasteiger partial charge in [-0.05, 0) is 30.9 Å². The van der Waals surface area contributed by atoms with Gasteiger partial charge in [0, 0.05) is 6.04 Å². The molecule has 1 aromatic rings. The maximum atomic E-state index is 12.2. The zero-order valence-electron chi connectivity index (χ0n) is 14.0. The fourth-order valence-electron chi connectivity index (χ4n) is 2.68. The molecule has 1 heterocycles. The molecule has 0 aromatic carbocycles. The molecule has 2 rings (SSSR count). The normalized spacial score (nSPS) is 16.0. The predicted octanol–water partition coefficient (Wildman–Crippen LogP) is 1.64. The Morgan fingerprint density at radius 1 is 1.29 bits per heavy atom. The van der Waals surface area contributed by atoms with Crippen LogP contribution in [0.3, 0.4) is 0 Å². The summed E-state index contributed by atoms with van der Waals surface area (Å²) in [6, 6.07) is 2.43. The molecule has 7 heteroatoms. The Balaban J connectivity index is 1.82. The Kier molecular flexibility index (Phi) is 6.40. The van der Waals surface area contributed by atoms with Gasteiger partial charge in [0.1, 0.15) is 6.04 Å². The third-order valence-electron chi connectivity index (χ3n) is 4.02. The molecule has 0 unspecified atom stereocenters. The highest BCUT2D eigenvalue weighted by Crippen LogP contribution is 2.17. The van der Waals surface area contributed by atoms with Gasteiger partial charge in [-0.25, -0.2) is 4.79 Å². The standard InChI is InChI=1S/C17H24N2O5/c1-11(2)15(19-16(21)13-8-5-9-23-13)17(22)24-10-14(20)18-12-6-3-4-7-12/h5,8-9,11-12,15H,3-4,6-7,10H2,1-2H3,(H,18,20)(H,19,21)/t15-/m1/s1. The van der Waals surface area contributed by atoms with Crippen molar-refractivity contribution in [2.45, 2.75) is 51.6 Å². The van der Waals surface area contributed by atoms with Gasteiger partial charge in [-0.1, -0.05) is 26.7 Å². The SMILES string of the molecule is CC(C)[C@@H](NC(=O)c1ccco1)C(=O)OCC(=O)NC1CCCC1. The van der Waals surface area contributed by atoms with Gasteiger partial charge >= 0.3 is 5.97 Å². The molecular formula is C17H24N2O5. The van der Waals surface area contributed by atoms with Crippen molar-refractivity contribution in [3.8, 4) is 0 Å². The van der Waals surface area contributed by atoms with Crippen molar-refractivity contribution in [2.75, 3.05) is 6.61 Å². The van der Waals surface area contributed by atoms with Crippen molar-refractivity contribution in [1.29, 1.82) is 0 Å². The van der Waals surface area contributed by atoms with E-state index in [4.69, 9.17) is 9.15 Å². The molecule has 1 aromatic heterocycles. The molecule has 7 nitrogen and oxygen atoms in total. The number of esters is 1. The second-order valence-corrected chi connectivity index (χ2v) is 6.33. The smallest absolute Gasteiger partial charge is 0.329 e. The van der Waals surface area contributed by atoms with Gasteiger partial charge in [-0.15, -0.1) is 0 Å². The molecule has 132 valence electrons. The number of carbonyl (C=O) groups is 3. The molecule has 0 aliphatic heterocycles. The molecule has 0 bridgehead atoms. The number of rotatable bonds is 7. The number of furan rings is 1. The molecule has 2 amide bonds. The van der Waals surface area contributed by atoms with Crippen molar-refractivity contribution in [1.82, 2.24) is 10.6 Å². The van der Waals surface area contributed by atoms with Gasteiger partial charge in [0.25, 0.3) is 11.8 Å². The second-order valence-electron chi connectivity index (χ2n) is 6.33. The van der Waals surface area contributed by atoms with Gasteiger partial charge < -0.3 is 19.8 Å². The Bertz CT molecular complexity index is 562. The number of nitrogens with one attached hydrogen (secondary N) is 2. The van der Waals surface area contributed by atoms with Crippen LogP contribution in [0, 0.1) is 5.92 Å². The van der Waals surface area contributed by atoms with Crippen LogP contribution >= 0.6 is 0 Å². The Morgan fingerprint density at radius 2 is 2.00 bits per heavy atom. The van der Waals surface area contributed by atoms with Crippen LogP contribution in [0.15, 0.2) is 22.8 Å². The second kappa shape index (κ2) is 8.52. The summed E-state index contributed by atoms with van der Waals surface area (Å²) < 4.78 is 10.1. The summed E-state index contributed by atoms with van der Waals surface area (Å²) in [5, 5.41) is 5.42. The minimum atomic E-state index is -0.845. The number of hydrogen-bond acceptors (Lipinski definition) is 5. The summed E-state index contributed by atoms with van der Waals surface area (Å²) in [7, 11) is 0. The first-order valence-electron chi connectivity index (χ1n) is 8.27. The van der Waals surface area contributed by atoms with Gasteiger partial charge in [-0.2, -0.15) is 0 Å². The molecule has 1 saturated carbocycles. The van der Waals surface area contributed by atoms with E-state index in [1.165, 1.54) is 12.3 Å². The van der Waals surface area contributed by atoms with Crippen LogP contribution in [-0.2, 0) is 14.3 Å². The number of hydrogen-bond donors (Lipinski definition) is 2. The highest BCUT2D eigenvalue weighted by atomic mass is 16.5. The molecule has 1 aliphatic rings. The first kappa shape index (κ1) is 18.0. The molecule has 2 N–H and O–H groups in total. The molecular weight excluding hydrogens is 312 g/mol. The van der Waals surface area contributed by atoms with Crippen LogP contribution in [0.25, 0.3) is 0 Å². The van der Waals surface area contributed by atoms with Crippen molar-refractivity contribution >= 4 is 17.8 Å². The lowest BCUT2D eigenvalue weighted by Gasteiger charge is -2.20. The molecule has 24 heavy (non-hydrogen) atoms. The molecule has 0 saturated heterocycles. The van der Waals surface area contributed by atoms with Gasteiger partial charge in [0.15, 0.2) is 12.4 Å². The van der Waals surface area contributed by atoms with E-state index in [-0.39, 0.29) is 30.2 Å². The number of amides is 2. The quantitative estimate of drug-likeness (QED) is 0.738. The zero-order chi connectivity index (χ0) is 17.5. The fraction of sp³-hybridized carbons (Fsp3) is 0.588. The molecule has 0 radical (unpaired) electrons. The van der Waals surface area contributed by atoms with E-state index in [9.17, 15) is 14.4 Å². The lowest BCUT2D eigenvalue weighted by molar-refractivity contribution is -0.151. The van der Waals surface area contributed by atoms with Gasteiger partial charge in [0.05, 0.1) is 6.26 Å². The van der Waals surface area contributed by atoms with Crippen LogP contribution < -0.4 is 10.6 Å². The lowest BCUT2D eigenvalue weighted by atomic mass is 10.0. The van der Waals surface area contributed by atoms with Crippen LogP contribution in [0.5, 0.6) is 0 Å². The van der Waals surface area contributed by atoms with E-state index in [1.807, 2.05) is 0 Å². The summed E-state index contributed by atoms with van der Waals surface area (Å²) in [6.45, 7) is 3.23. The first-order chi connectivity index (χ1) is 11.5. The molecule has 0 spiro atoms. The summed E-state index contributed by atoms with van der Waals surface area (Å²) >= 11 is 0. The Labute approximate surface area is 141 Å². The average Bonchev–Trinajstić information content (AvgIpc) is 3.23. The molecule has 1 atom stereocenters. The van der Waals surface area contributed by atoms with E-state index in [1.54, 1.807) is 19.9 Å². The minimum absolute atomic E-state index is 0.118. The Morgan fingerprint density at radius 3 is 2.58 bits per heavy atom. The van der Waals surface area contributed by atoms with Crippen molar-refractivity contribution in [3.05, 3.63) is 24.2 Å². The average molecular weight is 336 g/mol. The maximum absolute atomic E-state index is 12.2. The summed E-state index contributed by atoms with van der Waals surface area (Å²) in [5.41, 5.74) is 0. The van der Waals surface area contributed by atoms with Crippen molar-refractivity contribution in [3.63, 3.8) is 0 Å². The third kappa shape index (κ3) is 5.11. The summed E-state index contributed by atoms with van der Waals surface area (Å²) in [6.07, 6.45) is 5.53. The topological polar surface area (TPSA) is 97.6 Å². The van der Waals surface area contributed by atoms with Gasteiger partial charge in [0.2, 0.25) is 0 Å². The fourth-order valence-corrected chi connectivity index (χ4v) is 2.68. The van der Waals surface area contributed by atoms with Crippen LogP contribution in [-0.4, -0.2) is 36.5 Å². The van der Waals surface area contributed by atoms with E-state index in [0.29, 0.717) is 0 Å². The van der Waals surface area contributed by atoms with E-state index in [0.717, 1.165) is 25.7 Å².